The Balaban J connectivity index is 1.89. The van der Waals surface area contributed by atoms with Crippen LogP contribution in [0.1, 0.15) is 65.2 Å². The zero-order valence-corrected chi connectivity index (χ0v) is 9.81. The van der Waals surface area contributed by atoms with Crippen LogP contribution in [0.4, 0.5) is 0 Å². The first kappa shape index (κ1) is 10.5. The highest BCUT2D eigenvalue weighted by Gasteiger charge is 2.31. The summed E-state index contributed by atoms with van der Waals surface area (Å²) in [6.07, 6.45) is 11.6. The Kier molecular flexibility index (Phi) is 3.16. The quantitative estimate of drug-likeness (QED) is 0.675. The molecule has 1 nitrogen and oxygen atoms in total. The molecule has 1 atom stereocenters. The van der Waals surface area contributed by atoms with Crippen molar-refractivity contribution < 1.29 is 0 Å². The molecule has 1 saturated heterocycles. The van der Waals surface area contributed by atoms with Gasteiger partial charge in [0.25, 0.3) is 0 Å². The summed E-state index contributed by atoms with van der Waals surface area (Å²) in [7, 11) is 0. The second kappa shape index (κ2) is 4.22. The highest BCUT2D eigenvalue weighted by molar-refractivity contribution is 4.91. The summed E-state index contributed by atoms with van der Waals surface area (Å²) >= 11 is 0. The molecule has 1 unspecified atom stereocenters. The van der Waals surface area contributed by atoms with Crippen LogP contribution in [0, 0.1) is 5.92 Å². The van der Waals surface area contributed by atoms with E-state index in [1.54, 1.807) is 0 Å². The van der Waals surface area contributed by atoms with E-state index in [-0.39, 0.29) is 0 Å². The Hall–Kier alpha value is -0.0400. The molecule has 1 aliphatic carbocycles. The highest BCUT2D eigenvalue weighted by Crippen LogP contribution is 2.32. The van der Waals surface area contributed by atoms with E-state index in [1.807, 2.05) is 0 Å². The van der Waals surface area contributed by atoms with Crippen LogP contribution in [-0.4, -0.2) is 11.6 Å². The Labute approximate surface area is 88.7 Å². The lowest BCUT2D eigenvalue weighted by atomic mass is 9.78. The largest absolute Gasteiger partial charge is 0.309 e. The van der Waals surface area contributed by atoms with Crippen LogP contribution in [0.2, 0.25) is 0 Å². The van der Waals surface area contributed by atoms with E-state index in [0.717, 1.165) is 12.0 Å². The maximum Gasteiger partial charge on any atom is 0.0127 e. The summed E-state index contributed by atoms with van der Waals surface area (Å²) in [6.45, 7) is 4.73. The van der Waals surface area contributed by atoms with E-state index >= 15 is 0 Å². The van der Waals surface area contributed by atoms with Crippen LogP contribution in [0.3, 0.4) is 0 Å². The molecule has 1 heteroatoms. The average molecular weight is 195 g/mol. The molecule has 2 aliphatic rings. The molecule has 1 N–H and O–H groups in total. The van der Waals surface area contributed by atoms with Crippen LogP contribution in [0.15, 0.2) is 0 Å². The summed E-state index contributed by atoms with van der Waals surface area (Å²) in [5.74, 6) is 0.989. The third kappa shape index (κ3) is 2.50. The fourth-order valence-electron chi connectivity index (χ4n) is 3.30. The van der Waals surface area contributed by atoms with Gasteiger partial charge in [0.2, 0.25) is 0 Å². The number of hydrogen-bond acceptors (Lipinski definition) is 1. The highest BCUT2D eigenvalue weighted by atomic mass is 15.0. The van der Waals surface area contributed by atoms with Crippen LogP contribution in [-0.2, 0) is 0 Å². The van der Waals surface area contributed by atoms with Gasteiger partial charge in [-0.3, -0.25) is 0 Å². The molecule has 0 aromatic rings. The van der Waals surface area contributed by atoms with Gasteiger partial charge in [0, 0.05) is 11.6 Å². The number of hydrogen-bond donors (Lipinski definition) is 1. The first-order chi connectivity index (χ1) is 6.67. The number of nitrogens with one attached hydrogen (secondary N) is 1. The summed E-state index contributed by atoms with van der Waals surface area (Å²) in [5, 5.41) is 3.86. The molecule has 1 saturated carbocycles. The smallest absolute Gasteiger partial charge is 0.0127 e. The molecule has 1 heterocycles. The van der Waals surface area contributed by atoms with Crippen molar-refractivity contribution in [2.24, 2.45) is 5.92 Å². The minimum absolute atomic E-state index is 0.403. The van der Waals surface area contributed by atoms with Gasteiger partial charge in [-0.2, -0.15) is 0 Å². The molecule has 0 spiro atoms. The van der Waals surface area contributed by atoms with Crippen molar-refractivity contribution in [3.8, 4) is 0 Å². The Morgan fingerprint density at radius 2 is 1.64 bits per heavy atom. The average Bonchev–Trinajstić information content (AvgIpc) is 2.18. The predicted octanol–water partition coefficient (Wildman–Crippen LogP) is 3.49. The molecule has 0 aromatic carbocycles. The normalized spacial score (nSPS) is 34.3. The molecule has 82 valence electrons. The van der Waals surface area contributed by atoms with E-state index in [2.05, 4.69) is 19.2 Å². The van der Waals surface area contributed by atoms with Gasteiger partial charge in [0.15, 0.2) is 0 Å². The van der Waals surface area contributed by atoms with Gasteiger partial charge in [-0.15, -0.1) is 0 Å². The van der Waals surface area contributed by atoms with Crippen LogP contribution >= 0.6 is 0 Å². The molecule has 0 amide bonds. The standard InChI is InChI=1S/C13H25N/c1-13(2)10-6-9-12(14-13)11-7-4-3-5-8-11/h11-12,14H,3-10H2,1-2H3. The third-order valence-electron chi connectivity index (χ3n) is 4.11. The number of rotatable bonds is 1. The molecular weight excluding hydrogens is 170 g/mol. The molecule has 14 heavy (non-hydrogen) atoms. The Bertz CT molecular complexity index is 180. The second-order valence-corrected chi connectivity index (χ2v) is 5.93. The molecular formula is C13H25N. The van der Waals surface area contributed by atoms with E-state index in [4.69, 9.17) is 0 Å². The lowest BCUT2D eigenvalue weighted by molar-refractivity contribution is 0.166. The van der Waals surface area contributed by atoms with Gasteiger partial charge < -0.3 is 5.32 Å². The van der Waals surface area contributed by atoms with Gasteiger partial charge in [0.05, 0.1) is 0 Å². The van der Waals surface area contributed by atoms with Gasteiger partial charge >= 0.3 is 0 Å². The van der Waals surface area contributed by atoms with Crippen molar-refractivity contribution in [2.45, 2.75) is 76.8 Å². The summed E-state index contributed by atoms with van der Waals surface area (Å²) in [6, 6.07) is 0.832. The third-order valence-corrected chi connectivity index (χ3v) is 4.11. The molecule has 0 bridgehead atoms. The fourth-order valence-corrected chi connectivity index (χ4v) is 3.30. The second-order valence-electron chi connectivity index (χ2n) is 5.93. The van der Waals surface area contributed by atoms with Crippen molar-refractivity contribution in [1.82, 2.24) is 5.32 Å². The summed E-state index contributed by atoms with van der Waals surface area (Å²) < 4.78 is 0. The van der Waals surface area contributed by atoms with Crippen molar-refractivity contribution in [2.75, 3.05) is 0 Å². The monoisotopic (exact) mass is 195 g/mol. The minimum atomic E-state index is 0.403. The van der Waals surface area contributed by atoms with Gasteiger partial charge in [0.1, 0.15) is 0 Å². The van der Waals surface area contributed by atoms with Crippen LogP contribution in [0.25, 0.3) is 0 Å². The maximum atomic E-state index is 3.86. The van der Waals surface area contributed by atoms with Crippen molar-refractivity contribution in [3.63, 3.8) is 0 Å². The zero-order valence-electron chi connectivity index (χ0n) is 9.81. The first-order valence-electron chi connectivity index (χ1n) is 6.45. The zero-order chi connectivity index (χ0) is 10.0. The number of piperidine rings is 1. The lowest BCUT2D eigenvalue weighted by Crippen LogP contribution is -2.52. The van der Waals surface area contributed by atoms with Crippen molar-refractivity contribution in [3.05, 3.63) is 0 Å². The van der Waals surface area contributed by atoms with Gasteiger partial charge in [-0.25, -0.2) is 0 Å². The maximum absolute atomic E-state index is 3.86. The molecule has 1 aliphatic heterocycles. The summed E-state index contributed by atoms with van der Waals surface area (Å²) in [5.41, 5.74) is 0.403. The molecule has 2 rings (SSSR count). The van der Waals surface area contributed by atoms with E-state index in [9.17, 15) is 0 Å². The Morgan fingerprint density at radius 3 is 2.29 bits per heavy atom. The van der Waals surface area contributed by atoms with E-state index < -0.39 is 0 Å². The summed E-state index contributed by atoms with van der Waals surface area (Å²) in [4.78, 5) is 0. The molecule has 2 fully saturated rings. The van der Waals surface area contributed by atoms with Crippen molar-refractivity contribution in [1.29, 1.82) is 0 Å². The topological polar surface area (TPSA) is 12.0 Å². The van der Waals surface area contributed by atoms with Crippen LogP contribution in [0.5, 0.6) is 0 Å². The molecule has 0 aromatic heterocycles. The van der Waals surface area contributed by atoms with E-state index in [1.165, 1.54) is 51.4 Å². The Morgan fingerprint density at radius 1 is 0.929 bits per heavy atom. The molecule has 0 radical (unpaired) electrons. The van der Waals surface area contributed by atoms with Crippen molar-refractivity contribution >= 4 is 0 Å². The van der Waals surface area contributed by atoms with Gasteiger partial charge in [-0.1, -0.05) is 25.7 Å². The van der Waals surface area contributed by atoms with E-state index in [0.29, 0.717) is 5.54 Å². The first-order valence-corrected chi connectivity index (χ1v) is 6.45. The van der Waals surface area contributed by atoms with Crippen LogP contribution < -0.4 is 5.32 Å². The van der Waals surface area contributed by atoms with Gasteiger partial charge in [-0.05, 0) is 45.4 Å². The fraction of sp³-hybridized carbons (Fsp3) is 1.00. The SMILES string of the molecule is CC1(C)CCCC(C2CCCCC2)N1. The minimum Gasteiger partial charge on any atom is -0.309 e. The lowest BCUT2D eigenvalue weighted by Gasteiger charge is -2.42. The predicted molar refractivity (Wildman–Crippen MR) is 61.4 cm³/mol.